The van der Waals surface area contributed by atoms with E-state index >= 15 is 0 Å². The van der Waals surface area contributed by atoms with E-state index in [1.807, 2.05) is 0 Å². The second-order valence-corrected chi connectivity index (χ2v) is 2.91. The number of carboxylic acids is 1. The third-order valence-corrected chi connectivity index (χ3v) is 1.74. The molecule has 0 fully saturated rings. The Balaban J connectivity index is 0. The van der Waals surface area contributed by atoms with Gasteiger partial charge in [0.1, 0.15) is 0 Å². The molecule has 66 valence electrons. The molecule has 2 nitrogen and oxygen atoms in total. The molecule has 0 atom stereocenters. The van der Waals surface area contributed by atoms with Gasteiger partial charge in [0.2, 0.25) is 0 Å². The van der Waals surface area contributed by atoms with E-state index in [2.05, 4.69) is 6.92 Å². The summed E-state index contributed by atoms with van der Waals surface area (Å²) in [5.41, 5.74) is 0. The smallest absolute Gasteiger partial charge is 0.481 e. The maximum absolute atomic E-state index is 10.1. The third-order valence-electron chi connectivity index (χ3n) is 1.74. The summed E-state index contributed by atoms with van der Waals surface area (Å²) in [5, 5.41) is 8.32. The van der Waals surface area contributed by atoms with Crippen molar-refractivity contribution >= 4 is 54.9 Å². The van der Waals surface area contributed by atoms with E-state index in [1.54, 1.807) is 0 Å². The van der Waals surface area contributed by atoms with E-state index < -0.39 is 5.97 Å². The summed E-state index contributed by atoms with van der Waals surface area (Å²) in [6.45, 7) is 2.18. The predicted molar refractivity (Wildman–Crippen MR) is 51.4 cm³/mol. The summed E-state index contributed by atoms with van der Waals surface area (Å²) in [6, 6.07) is 0. The van der Waals surface area contributed by atoms with E-state index in [0.29, 0.717) is 6.42 Å². The number of carbonyl (C=O) groups is 1. The first kappa shape index (κ1) is 15.5. The Hall–Kier alpha value is 1.04. The number of aliphatic carboxylic acids is 1. The molecule has 0 aromatic heterocycles. The number of rotatable bonds is 7. The van der Waals surface area contributed by atoms with Crippen molar-refractivity contribution < 1.29 is 9.90 Å². The van der Waals surface area contributed by atoms with Crippen LogP contribution in [-0.2, 0) is 4.79 Å². The van der Waals surface area contributed by atoms with Crippen LogP contribution >= 0.6 is 0 Å². The molecule has 0 rings (SSSR count). The van der Waals surface area contributed by atoms with Gasteiger partial charge in [-0.25, -0.2) is 0 Å². The maximum atomic E-state index is 10.1. The minimum atomic E-state index is -0.666. The molecule has 0 unspecified atom stereocenters. The van der Waals surface area contributed by atoms with Crippen molar-refractivity contribution in [3.8, 4) is 0 Å². The average molecular weight is 296 g/mol. The van der Waals surface area contributed by atoms with Gasteiger partial charge in [-0.1, -0.05) is 39.0 Å². The summed E-state index contributed by atoms with van der Waals surface area (Å²) < 4.78 is 0. The van der Waals surface area contributed by atoms with E-state index in [-0.39, 0.29) is 48.9 Å². The van der Waals surface area contributed by atoms with Crippen LogP contribution in [0.25, 0.3) is 0 Å². The Labute approximate surface area is 115 Å². The van der Waals surface area contributed by atoms with Gasteiger partial charge < -0.3 is 5.11 Å². The molecule has 0 heterocycles. The molecule has 0 spiro atoms. The molecule has 0 aromatic rings. The molecule has 0 aliphatic carbocycles. The van der Waals surface area contributed by atoms with Gasteiger partial charge in [-0.2, -0.15) is 0 Å². The molecule has 0 bridgehead atoms. The molecule has 0 aliphatic rings. The largest absolute Gasteiger partial charge is 2.00 e. The van der Waals surface area contributed by atoms with Crippen molar-refractivity contribution in [2.45, 2.75) is 51.9 Å². The third kappa shape index (κ3) is 13.6. The minimum Gasteiger partial charge on any atom is -0.481 e. The summed E-state index contributed by atoms with van der Waals surface area (Å²) >= 11 is 0. The van der Waals surface area contributed by atoms with Crippen LogP contribution in [0.15, 0.2) is 0 Å². The molecule has 0 radical (unpaired) electrons. The van der Waals surface area contributed by atoms with Crippen LogP contribution in [0.1, 0.15) is 51.9 Å². The molecular weight excluding hydrogens is 277 g/mol. The minimum absolute atomic E-state index is 0. The summed E-state index contributed by atoms with van der Waals surface area (Å²) in [7, 11) is 0. The summed E-state index contributed by atoms with van der Waals surface area (Å²) in [5.74, 6) is -0.666. The second kappa shape index (κ2) is 12.0. The van der Waals surface area contributed by atoms with Crippen molar-refractivity contribution in [2.75, 3.05) is 0 Å². The quantitative estimate of drug-likeness (QED) is 0.578. The Bertz CT molecular complexity index is 105. The zero-order valence-electron chi connectivity index (χ0n) is 8.01. The molecule has 0 amide bonds. The molecule has 12 heavy (non-hydrogen) atoms. The standard InChI is InChI=1S/C9H18O2.Ba/c1-2-3-4-5-6-7-8-9(10)11;/h2-8H2,1H3,(H,10,11);/q;+2. The van der Waals surface area contributed by atoms with E-state index in [4.69, 9.17) is 5.11 Å². The normalized spacial score (nSPS) is 9.08. The molecule has 1 N–H and O–H groups in total. The Morgan fingerprint density at radius 2 is 1.58 bits per heavy atom. The van der Waals surface area contributed by atoms with Crippen LogP contribution in [-0.4, -0.2) is 60.0 Å². The van der Waals surface area contributed by atoms with Gasteiger partial charge in [-0.15, -0.1) is 0 Å². The van der Waals surface area contributed by atoms with E-state index in [9.17, 15) is 4.79 Å². The topological polar surface area (TPSA) is 37.3 Å². The first-order chi connectivity index (χ1) is 5.27. The zero-order valence-corrected chi connectivity index (χ0v) is 12.5. The molecule has 0 aliphatic heterocycles. The molecule has 0 saturated heterocycles. The molecule has 0 saturated carbocycles. The van der Waals surface area contributed by atoms with Crippen LogP contribution in [0.3, 0.4) is 0 Å². The molecular formula is C9H18BaO2+2. The van der Waals surface area contributed by atoms with Crippen molar-refractivity contribution in [1.82, 2.24) is 0 Å². The number of hydrogen-bond acceptors (Lipinski definition) is 1. The van der Waals surface area contributed by atoms with Gasteiger partial charge in [-0.3, -0.25) is 4.79 Å². The first-order valence-corrected chi connectivity index (χ1v) is 4.49. The fourth-order valence-electron chi connectivity index (χ4n) is 1.06. The van der Waals surface area contributed by atoms with Crippen LogP contribution in [0.5, 0.6) is 0 Å². The van der Waals surface area contributed by atoms with Gasteiger partial charge in [0.25, 0.3) is 0 Å². The number of hydrogen-bond donors (Lipinski definition) is 1. The second-order valence-electron chi connectivity index (χ2n) is 2.91. The number of unbranched alkanes of at least 4 members (excludes halogenated alkanes) is 5. The fourth-order valence-corrected chi connectivity index (χ4v) is 1.06. The SMILES string of the molecule is CCCCCCCCC(=O)O.[Ba+2]. The van der Waals surface area contributed by atoms with Gasteiger partial charge in [0.05, 0.1) is 0 Å². The molecule has 3 heteroatoms. The van der Waals surface area contributed by atoms with Gasteiger partial charge in [0.15, 0.2) is 0 Å². The van der Waals surface area contributed by atoms with Crippen LogP contribution < -0.4 is 0 Å². The molecule has 0 aromatic carbocycles. The van der Waals surface area contributed by atoms with Crippen molar-refractivity contribution in [3.63, 3.8) is 0 Å². The van der Waals surface area contributed by atoms with Crippen molar-refractivity contribution in [2.24, 2.45) is 0 Å². The average Bonchev–Trinajstić information content (AvgIpc) is 1.96. The summed E-state index contributed by atoms with van der Waals surface area (Å²) in [4.78, 5) is 10.1. The number of carboxylic acid groups (broad SMARTS) is 1. The van der Waals surface area contributed by atoms with Gasteiger partial charge >= 0.3 is 54.9 Å². The Morgan fingerprint density at radius 3 is 2.08 bits per heavy atom. The Kier molecular flexibility index (Phi) is 15.6. The van der Waals surface area contributed by atoms with Crippen LogP contribution in [0.2, 0.25) is 0 Å². The van der Waals surface area contributed by atoms with E-state index in [0.717, 1.165) is 12.8 Å². The first-order valence-electron chi connectivity index (χ1n) is 4.49. The van der Waals surface area contributed by atoms with Crippen LogP contribution in [0, 0.1) is 0 Å². The van der Waals surface area contributed by atoms with Crippen molar-refractivity contribution in [3.05, 3.63) is 0 Å². The van der Waals surface area contributed by atoms with Gasteiger partial charge in [-0.05, 0) is 6.42 Å². The fraction of sp³-hybridized carbons (Fsp3) is 0.889. The van der Waals surface area contributed by atoms with Crippen molar-refractivity contribution in [1.29, 1.82) is 0 Å². The maximum Gasteiger partial charge on any atom is 2.00 e. The monoisotopic (exact) mass is 296 g/mol. The van der Waals surface area contributed by atoms with Crippen LogP contribution in [0.4, 0.5) is 0 Å². The van der Waals surface area contributed by atoms with Gasteiger partial charge in [0, 0.05) is 6.42 Å². The summed E-state index contributed by atoms with van der Waals surface area (Å²) in [6.07, 6.45) is 7.25. The van der Waals surface area contributed by atoms with E-state index in [1.165, 1.54) is 25.7 Å². The predicted octanol–water partition coefficient (Wildman–Crippen LogP) is 2.44. The Morgan fingerprint density at radius 1 is 1.08 bits per heavy atom. The zero-order chi connectivity index (χ0) is 8.53.